The average Bonchev–Trinajstić information content (AvgIpc) is 3.88. The third-order valence-corrected chi connectivity index (χ3v) is 15.0. The summed E-state index contributed by atoms with van der Waals surface area (Å²) in [5.74, 6) is 0. The van der Waals surface area contributed by atoms with Gasteiger partial charge in [-0.25, -0.2) is 0 Å². The predicted molar refractivity (Wildman–Crippen MR) is 257 cm³/mol. The first-order valence-electron chi connectivity index (χ1n) is 20.6. The van der Waals surface area contributed by atoms with Gasteiger partial charge in [-0.05, 0) is 0 Å². The molecule has 2 aromatic heterocycles. The summed E-state index contributed by atoms with van der Waals surface area (Å²) >= 11 is 0.184. The summed E-state index contributed by atoms with van der Waals surface area (Å²) in [6.45, 7) is 0. The van der Waals surface area contributed by atoms with E-state index in [1.54, 1.807) is 0 Å². The molecule has 0 amide bonds. The Morgan fingerprint density at radius 1 is 0.267 bits per heavy atom. The monoisotopic (exact) mass is 826 g/mol. The van der Waals surface area contributed by atoms with Crippen molar-refractivity contribution in [3.63, 3.8) is 0 Å². The number of para-hydroxylation sites is 2. The van der Waals surface area contributed by atoms with Crippen LogP contribution in [0.5, 0.6) is 0 Å². The van der Waals surface area contributed by atoms with Crippen molar-refractivity contribution in [1.29, 1.82) is 0 Å². The molecule has 1 nitrogen and oxygen atoms in total. The summed E-state index contributed by atoms with van der Waals surface area (Å²) < 4.78 is 9.51. The molecule has 60 heavy (non-hydrogen) atoms. The standard InChI is InChI=1S/C58H34OSe/c1-2-15-35(16-3-1)54-40-18-4-6-20-42(40)55(43-21-7-5-19-41(43)54)36-30-32-52-50(33-36)39-31-29-37(34-53(39)60-52)56-44-22-8-10-24-46(44)57(47-25-11-9-23-45(47)56)49-27-14-26-48-38-17-12-13-28-51(38)59-58(48)49/h1-34H. The van der Waals surface area contributed by atoms with Gasteiger partial charge in [-0.1, -0.05) is 12.1 Å². The molecule has 0 aliphatic carbocycles. The quantitative estimate of drug-likeness (QED) is 0.127. The molecule has 0 saturated heterocycles. The first kappa shape index (κ1) is 33.7. The second-order valence-corrected chi connectivity index (χ2v) is 18.1. The van der Waals surface area contributed by atoms with Gasteiger partial charge in [0, 0.05) is 0 Å². The second kappa shape index (κ2) is 13.1. The zero-order valence-electron chi connectivity index (χ0n) is 32.4. The van der Waals surface area contributed by atoms with Crippen LogP contribution < -0.4 is 0 Å². The van der Waals surface area contributed by atoms with Crippen molar-refractivity contribution in [1.82, 2.24) is 0 Å². The summed E-state index contributed by atoms with van der Waals surface area (Å²) in [4.78, 5) is 0. The summed E-state index contributed by atoms with van der Waals surface area (Å²) in [5, 5.41) is 15.1. The summed E-state index contributed by atoms with van der Waals surface area (Å²) in [6, 6.07) is 76.1. The minimum absolute atomic E-state index is 0.184. The second-order valence-electron chi connectivity index (χ2n) is 15.9. The molecule has 0 bridgehead atoms. The third-order valence-electron chi connectivity index (χ3n) is 12.6. The molecule has 0 aliphatic rings. The normalized spacial score (nSPS) is 12.0. The molecule has 2 heterocycles. The maximum absolute atomic E-state index is 6.64. The van der Waals surface area contributed by atoms with E-state index in [0.717, 1.165) is 27.5 Å². The minimum atomic E-state index is 0.184. The third kappa shape index (κ3) is 4.93. The van der Waals surface area contributed by atoms with Gasteiger partial charge in [0.05, 0.1) is 0 Å². The van der Waals surface area contributed by atoms with Crippen LogP contribution in [0.1, 0.15) is 0 Å². The van der Waals surface area contributed by atoms with Crippen LogP contribution in [-0.4, -0.2) is 14.5 Å². The van der Waals surface area contributed by atoms with Gasteiger partial charge in [-0.15, -0.1) is 0 Å². The van der Waals surface area contributed by atoms with E-state index in [9.17, 15) is 0 Å². The van der Waals surface area contributed by atoms with Crippen molar-refractivity contribution in [3.8, 4) is 44.5 Å². The Hall–Kier alpha value is -7.22. The number of hydrogen-bond acceptors (Lipinski definition) is 1. The van der Waals surface area contributed by atoms with Crippen molar-refractivity contribution in [2.45, 2.75) is 0 Å². The number of rotatable bonds is 4. The molecule has 0 aliphatic heterocycles. The molecule has 11 aromatic carbocycles. The van der Waals surface area contributed by atoms with Crippen molar-refractivity contribution in [3.05, 3.63) is 206 Å². The Morgan fingerprint density at radius 3 is 1.33 bits per heavy atom. The van der Waals surface area contributed by atoms with Crippen molar-refractivity contribution < 1.29 is 4.42 Å². The Morgan fingerprint density at radius 2 is 0.733 bits per heavy atom. The van der Waals surface area contributed by atoms with Crippen LogP contribution in [0, 0.1) is 0 Å². The van der Waals surface area contributed by atoms with Gasteiger partial charge in [0.1, 0.15) is 0 Å². The van der Waals surface area contributed by atoms with Gasteiger partial charge in [0.2, 0.25) is 0 Å². The van der Waals surface area contributed by atoms with Crippen LogP contribution in [0.2, 0.25) is 0 Å². The van der Waals surface area contributed by atoms with Crippen molar-refractivity contribution in [2.75, 3.05) is 0 Å². The van der Waals surface area contributed by atoms with E-state index in [2.05, 4.69) is 200 Å². The van der Waals surface area contributed by atoms with Gasteiger partial charge in [0.25, 0.3) is 0 Å². The van der Waals surface area contributed by atoms with E-state index in [4.69, 9.17) is 4.42 Å². The molecule has 0 radical (unpaired) electrons. The first-order valence-corrected chi connectivity index (χ1v) is 22.3. The Labute approximate surface area is 352 Å². The molecule has 0 saturated carbocycles. The summed E-state index contributed by atoms with van der Waals surface area (Å²) in [5.41, 5.74) is 11.9. The molecular weight excluding hydrogens is 792 g/mol. The Balaban J connectivity index is 1.01. The van der Waals surface area contributed by atoms with Gasteiger partial charge in [0.15, 0.2) is 0 Å². The molecule has 0 atom stereocenters. The SMILES string of the molecule is c1ccc(-c2c3ccccc3c(-c3ccc4[se]c5cc(-c6c7ccccc7c(-c7cccc8c7oc7ccccc78)c7ccccc67)ccc5c4c3)c3ccccc23)cc1. The molecule has 0 fully saturated rings. The Bertz CT molecular complexity index is 3770. The average molecular weight is 826 g/mol. The van der Waals surface area contributed by atoms with Gasteiger partial charge >= 0.3 is 342 Å². The summed E-state index contributed by atoms with van der Waals surface area (Å²) in [7, 11) is 0. The maximum atomic E-state index is 6.64. The molecule has 13 aromatic rings. The molecule has 0 unspecified atom stereocenters. The predicted octanol–water partition coefficient (Wildman–Crippen LogP) is 16.2. The van der Waals surface area contributed by atoms with E-state index < -0.39 is 0 Å². The van der Waals surface area contributed by atoms with E-state index in [0.29, 0.717) is 0 Å². The van der Waals surface area contributed by atoms with E-state index in [1.165, 1.54) is 101 Å². The number of furan rings is 1. The number of benzene rings is 11. The summed E-state index contributed by atoms with van der Waals surface area (Å²) in [6.07, 6.45) is 0. The van der Waals surface area contributed by atoms with E-state index in [1.807, 2.05) is 6.07 Å². The number of hydrogen-bond donors (Lipinski definition) is 0. The fourth-order valence-corrected chi connectivity index (χ4v) is 12.5. The van der Waals surface area contributed by atoms with E-state index >= 15 is 0 Å². The van der Waals surface area contributed by atoms with Crippen molar-refractivity contribution in [2.24, 2.45) is 0 Å². The molecule has 0 spiro atoms. The van der Waals surface area contributed by atoms with Crippen LogP contribution in [0.25, 0.3) is 129 Å². The van der Waals surface area contributed by atoms with Crippen molar-refractivity contribution >= 4 is 98.8 Å². The topological polar surface area (TPSA) is 13.1 Å². The molecule has 278 valence electrons. The zero-order valence-corrected chi connectivity index (χ0v) is 34.2. The molecular formula is C58H34OSe. The van der Waals surface area contributed by atoms with Crippen LogP contribution in [0.4, 0.5) is 0 Å². The van der Waals surface area contributed by atoms with Crippen LogP contribution in [0.3, 0.4) is 0 Å². The fraction of sp³-hybridized carbons (Fsp3) is 0. The van der Waals surface area contributed by atoms with Crippen LogP contribution in [0.15, 0.2) is 211 Å². The van der Waals surface area contributed by atoms with Gasteiger partial charge in [-0.2, -0.15) is 0 Å². The molecule has 0 N–H and O–H groups in total. The first-order chi connectivity index (χ1) is 29.8. The molecule has 13 rings (SSSR count). The van der Waals surface area contributed by atoms with Crippen LogP contribution >= 0.6 is 0 Å². The molecule has 2 heteroatoms. The van der Waals surface area contributed by atoms with Gasteiger partial charge < -0.3 is 0 Å². The number of fused-ring (bicyclic) bond motifs is 10. The Kier molecular flexibility index (Phi) is 7.39. The van der Waals surface area contributed by atoms with Gasteiger partial charge in [-0.3, -0.25) is 0 Å². The fourth-order valence-electron chi connectivity index (χ4n) is 10.1. The zero-order chi connectivity index (χ0) is 39.3. The van der Waals surface area contributed by atoms with Crippen LogP contribution in [-0.2, 0) is 0 Å². The van der Waals surface area contributed by atoms with E-state index in [-0.39, 0.29) is 14.5 Å².